The van der Waals surface area contributed by atoms with Gasteiger partial charge in [-0.2, -0.15) is 0 Å². The van der Waals surface area contributed by atoms with Crippen molar-refractivity contribution in [2.45, 2.75) is 38.8 Å². The van der Waals surface area contributed by atoms with Crippen molar-refractivity contribution in [1.82, 2.24) is 14.8 Å². The molecule has 5 heteroatoms. The van der Waals surface area contributed by atoms with Gasteiger partial charge in [-0.15, -0.1) is 11.3 Å². The van der Waals surface area contributed by atoms with Gasteiger partial charge in [-0.25, -0.2) is 4.98 Å². The molecule has 0 N–H and O–H groups in total. The molecule has 0 spiro atoms. The number of nitrogens with zero attached hydrogens (tertiary/aromatic N) is 3. The lowest BCUT2D eigenvalue weighted by molar-refractivity contribution is 0.0603. The zero-order valence-corrected chi connectivity index (χ0v) is 14.9. The molecule has 3 heterocycles. The minimum absolute atomic E-state index is 0.164. The topological polar surface area (TPSA) is 36.4 Å². The highest BCUT2D eigenvalue weighted by atomic mass is 32.1. The monoisotopic (exact) mass is 341 g/mol. The Labute approximate surface area is 147 Å². The van der Waals surface area contributed by atoms with Crippen LogP contribution in [0.5, 0.6) is 0 Å². The first-order chi connectivity index (χ1) is 11.7. The fraction of sp³-hybridized carbons (Fsp3) is 0.474. The van der Waals surface area contributed by atoms with Crippen LogP contribution in [0.4, 0.5) is 0 Å². The average molecular weight is 341 g/mol. The maximum absolute atomic E-state index is 12.6. The summed E-state index contributed by atoms with van der Waals surface area (Å²) in [5.74, 6) is 0.164. The molecule has 0 unspecified atom stereocenters. The van der Waals surface area contributed by atoms with Crippen molar-refractivity contribution in [3.05, 3.63) is 51.5 Å². The van der Waals surface area contributed by atoms with E-state index in [4.69, 9.17) is 0 Å². The van der Waals surface area contributed by atoms with Crippen LogP contribution in [-0.4, -0.2) is 46.4 Å². The van der Waals surface area contributed by atoms with E-state index >= 15 is 0 Å². The van der Waals surface area contributed by atoms with Crippen molar-refractivity contribution in [2.24, 2.45) is 0 Å². The molecule has 1 aromatic heterocycles. The Morgan fingerprint density at radius 1 is 1.17 bits per heavy atom. The van der Waals surface area contributed by atoms with Crippen LogP contribution >= 0.6 is 11.3 Å². The van der Waals surface area contributed by atoms with E-state index in [9.17, 15) is 4.79 Å². The van der Waals surface area contributed by atoms with E-state index in [-0.39, 0.29) is 5.91 Å². The number of likely N-dealkylation sites (tertiary alicyclic amines) is 1. The maximum Gasteiger partial charge on any atom is 0.265 e. The van der Waals surface area contributed by atoms with E-state index in [2.05, 4.69) is 34.1 Å². The summed E-state index contributed by atoms with van der Waals surface area (Å²) in [6, 6.07) is 9.39. The van der Waals surface area contributed by atoms with Gasteiger partial charge in [0.25, 0.3) is 5.91 Å². The number of thiazole rings is 1. The summed E-state index contributed by atoms with van der Waals surface area (Å²) in [6.07, 6.45) is 3.30. The Morgan fingerprint density at radius 2 is 1.92 bits per heavy atom. The molecule has 1 saturated heterocycles. The number of aromatic nitrogens is 1. The van der Waals surface area contributed by atoms with Crippen LogP contribution in [0.1, 0.15) is 39.3 Å². The van der Waals surface area contributed by atoms with Crippen LogP contribution in [0.25, 0.3) is 0 Å². The smallest absolute Gasteiger partial charge is 0.265 e. The van der Waals surface area contributed by atoms with E-state index in [0.29, 0.717) is 6.04 Å². The van der Waals surface area contributed by atoms with Crippen LogP contribution in [0.2, 0.25) is 0 Å². The van der Waals surface area contributed by atoms with E-state index in [1.807, 2.05) is 11.8 Å². The molecule has 0 saturated carbocycles. The predicted octanol–water partition coefficient (Wildman–Crippen LogP) is 3.11. The number of rotatable bonds is 2. The Bertz CT molecular complexity index is 734. The molecule has 0 bridgehead atoms. The number of hydrogen-bond acceptors (Lipinski definition) is 4. The third-order valence-corrected chi connectivity index (χ3v) is 6.28. The van der Waals surface area contributed by atoms with Crippen molar-refractivity contribution in [3.8, 4) is 0 Å². The van der Waals surface area contributed by atoms with Gasteiger partial charge < -0.3 is 4.90 Å². The Kier molecular flexibility index (Phi) is 4.37. The lowest BCUT2D eigenvalue weighted by Crippen LogP contribution is -2.48. The molecule has 24 heavy (non-hydrogen) atoms. The Balaban J connectivity index is 1.37. The molecule has 4 nitrogen and oxygen atoms in total. The first-order valence-corrected chi connectivity index (χ1v) is 9.60. The van der Waals surface area contributed by atoms with Crippen molar-refractivity contribution >= 4 is 17.2 Å². The standard InChI is InChI=1S/C19H23N3OS/c1-14-18(24-13-20-14)19(23)21-10-7-17(8-11-21)22-9-6-15-4-2-3-5-16(15)12-22/h2-5,13,17H,6-12H2,1H3. The normalized spacial score (nSPS) is 19.3. The second kappa shape index (κ2) is 6.65. The molecular weight excluding hydrogens is 318 g/mol. The molecule has 2 aliphatic rings. The van der Waals surface area contributed by atoms with E-state index in [0.717, 1.165) is 56.0 Å². The lowest BCUT2D eigenvalue weighted by atomic mass is 9.95. The first-order valence-electron chi connectivity index (χ1n) is 8.72. The summed E-state index contributed by atoms with van der Waals surface area (Å²) in [6.45, 7) is 5.84. The number of aryl methyl sites for hydroxylation is 1. The predicted molar refractivity (Wildman–Crippen MR) is 96.3 cm³/mol. The number of carbonyl (C=O) groups is 1. The molecule has 4 rings (SSSR count). The number of fused-ring (bicyclic) bond motifs is 1. The molecule has 0 aliphatic carbocycles. The molecular formula is C19H23N3OS. The molecule has 1 fully saturated rings. The number of hydrogen-bond donors (Lipinski definition) is 0. The largest absolute Gasteiger partial charge is 0.338 e. The van der Waals surface area contributed by atoms with Gasteiger partial charge in [0, 0.05) is 32.2 Å². The highest BCUT2D eigenvalue weighted by Crippen LogP contribution is 2.26. The van der Waals surface area contributed by atoms with Gasteiger partial charge in [0.05, 0.1) is 11.2 Å². The van der Waals surface area contributed by atoms with E-state index in [1.165, 1.54) is 22.5 Å². The summed E-state index contributed by atoms with van der Waals surface area (Å²) < 4.78 is 0. The number of amides is 1. The summed E-state index contributed by atoms with van der Waals surface area (Å²) in [5.41, 5.74) is 5.60. The highest BCUT2D eigenvalue weighted by Gasteiger charge is 2.30. The first kappa shape index (κ1) is 15.8. The van der Waals surface area contributed by atoms with E-state index < -0.39 is 0 Å². The number of piperidine rings is 1. The minimum atomic E-state index is 0.164. The van der Waals surface area contributed by atoms with Crippen molar-refractivity contribution in [3.63, 3.8) is 0 Å². The molecule has 126 valence electrons. The van der Waals surface area contributed by atoms with Gasteiger partial charge in [-0.3, -0.25) is 9.69 Å². The number of benzene rings is 1. The second-order valence-corrected chi connectivity index (χ2v) is 7.63. The van der Waals surface area contributed by atoms with Crippen LogP contribution in [0.3, 0.4) is 0 Å². The van der Waals surface area contributed by atoms with Crippen molar-refractivity contribution in [1.29, 1.82) is 0 Å². The fourth-order valence-corrected chi connectivity index (χ4v) is 4.68. The zero-order valence-electron chi connectivity index (χ0n) is 14.1. The van der Waals surface area contributed by atoms with Crippen LogP contribution < -0.4 is 0 Å². The molecule has 2 aliphatic heterocycles. The minimum Gasteiger partial charge on any atom is -0.338 e. The molecule has 0 radical (unpaired) electrons. The van der Waals surface area contributed by atoms with Crippen molar-refractivity contribution < 1.29 is 4.79 Å². The van der Waals surface area contributed by atoms with Gasteiger partial charge in [0.1, 0.15) is 4.88 Å². The molecule has 0 atom stereocenters. The third-order valence-electron chi connectivity index (χ3n) is 5.37. The number of carbonyl (C=O) groups excluding carboxylic acids is 1. The summed E-state index contributed by atoms with van der Waals surface area (Å²) >= 11 is 1.46. The fourth-order valence-electron chi connectivity index (χ4n) is 3.91. The summed E-state index contributed by atoms with van der Waals surface area (Å²) in [7, 11) is 0. The van der Waals surface area contributed by atoms with Gasteiger partial charge in [-0.1, -0.05) is 24.3 Å². The van der Waals surface area contributed by atoms with Gasteiger partial charge >= 0.3 is 0 Å². The van der Waals surface area contributed by atoms with Crippen LogP contribution in [0, 0.1) is 6.92 Å². The van der Waals surface area contributed by atoms with Gasteiger partial charge in [-0.05, 0) is 37.3 Å². The average Bonchev–Trinajstić information content (AvgIpc) is 3.07. The lowest BCUT2D eigenvalue weighted by Gasteiger charge is -2.40. The van der Waals surface area contributed by atoms with Crippen molar-refractivity contribution in [2.75, 3.05) is 19.6 Å². The van der Waals surface area contributed by atoms with Crippen LogP contribution in [-0.2, 0) is 13.0 Å². The maximum atomic E-state index is 12.6. The Morgan fingerprint density at radius 3 is 2.62 bits per heavy atom. The highest BCUT2D eigenvalue weighted by molar-refractivity contribution is 7.11. The Hall–Kier alpha value is -1.72. The van der Waals surface area contributed by atoms with Gasteiger partial charge in [0.2, 0.25) is 0 Å². The molecule has 2 aromatic rings. The zero-order chi connectivity index (χ0) is 16.5. The summed E-state index contributed by atoms with van der Waals surface area (Å²) in [4.78, 5) is 22.2. The second-order valence-electron chi connectivity index (χ2n) is 6.78. The SMILES string of the molecule is Cc1ncsc1C(=O)N1CCC(N2CCc3ccccc3C2)CC1. The van der Waals surface area contributed by atoms with Crippen LogP contribution in [0.15, 0.2) is 29.8 Å². The van der Waals surface area contributed by atoms with E-state index in [1.54, 1.807) is 5.51 Å². The van der Waals surface area contributed by atoms with Gasteiger partial charge in [0.15, 0.2) is 0 Å². The third kappa shape index (κ3) is 2.98. The quantitative estimate of drug-likeness (QED) is 0.842. The molecule has 1 amide bonds. The molecule has 1 aromatic carbocycles. The summed E-state index contributed by atoms with van der Waals surface area (Å²) in [5, 5.41) is 0.